The van der Waals surface area contributed by atoms with Gasteiger partial charge < -0.3 is 18.9 Å². The molecule has 0 aliphatic rings. The molecule has 0 saturated carbocycles. The van der Waals surface area contributed by atoms with E-state index in [0.717, 1.165) is 11.5 Å². The van der Waals surface area contributed by atoms with E-state index in [2.05, 4.69) is 62.6 Å². The number of methoxy groups -OCH3 is 2. The van der Waals surface area contributed by atoms with E-state index in [9.17, 15) is 0 Å². The van der Waals surface area contributed by atoms with Gasteiger partial charge in [-0.2, -0.15) is 0 Å². The zero-order valence-corrected chi connectivity index (χ0v) is 18.7. The summed E-state index contributed by atoms with van der Waals surface area (Å²) in [7, 11) is -0.211. The zero-order chi connectivity index (χ0) is 19.2. The normalized spacial score (nSPS) is 12.1. The van der Waals surface area contributed by atoms with Crippen LogP contribution in [0.25, 0.3) is 0 Å². The van der Waals surface area contributed by atoms with Crippen molar-refractivity contribution in [2.75, 3.05) is 27.8 Å². The number of hydrogen-bond acceptors (Lipinski definition) is 4. The molecule has 6 heteroatoms. The molecule has 0 fully saturated rings. The predicted molar refractivity (Wildman–Crippen MR) is 112 cm³/mol. The van der Waals surface area contributed by atoms with Crippen LogP contribution in [0.4, 0.5) is 0 Å². The van der Waals surface area contributed by atoms with Crippen LogP contribution in [-0.4, -0.2) is 43.0 Å². The van der Waals surface area contributed by atoms with E-state index >= 15 is 0 Å². The first kappa shape index (κ1) is 20.7. The van der Waals surface area contributed by atoms with Crippen LogP contribution >= 0.6 is 0 Å². The molecule has 0 N–H and O–H groups in total. The fourth-order valence-electron chi connectivity index (χ4n) is 2.92. The average Bonchev–Trinajstić information content (AvgIpc) is 2.65. The summed E-state index contributed by atoms with van der Waals surface area (Å²) in [4.78, 5) is 0. The van der Waals surface area contributed by atoms with Gasteiger partial charge in [0.1, 0.15) is 11.5 Å². The first-order chi connectivity index (χ1) is 12.3. The lowest BCUT2D eigenvalue weighted by Gasteiger charge is -2.39. The Morgan fingerprint density at radius 3 is 1.38 bits per heavy atom. The number of hydrogen-bond donors (Lipinski definition) is 0. The maximum absolute atomic E-state index is 5.65. The maximum atomic E-state index is 5.65. The Morgan fingerprint density at radius 1 is 0.654 bits per heavy atom. The minimum atomic E-state index is -1.74. The van der Waals surface area contributed by atoms with Crippen molar-refractivity contribution in [1.29, 1.82) is 0 Å². The van der Waals surface area contributed by atoms with Gasteiger partial charge in [-0.15, -0.1) is 0 Å². The van der Waals surface area contributed by atoms with Crippen LogP contribution in [0.5, 0.6) is 11.5 Å². The third-order valence-electron chi connectivity index (χ3n) is 5.36. The molecule has 0 unspecified atom stereocenters. The molecule has 0 aromatic heterocycles. The van der Waals surface area contributed by atoms with Gasteiger partial charge in [0.15, 0.2) is 13.6 Å². The predicted octanol–water partition coefficient (Wildman–Crippen LogP) is 3.26. The summed E-state index contributed by atoms with van der Waals surface area (Å²) >= 11 is 0. The van der Waals surface area contributed by atoms with Crippen LogP contribution in [0, 0.1) is 0 Å². The van der Waals surface area contributed by atoms with Crippen LogP contribution in [0.1, 0.15) is 0 Å². The summed E-state index contributed by atoms with van der Waals surface area (Å²) in [5, 5.41) is 2.82. The van der Waals surface area contributed by atoms with E-state index in [4.69, 9.17) is 18.9 Å². The Morgan fingerprint density at radius 2 is 1.04 bits per heavy atom. The highest BCUT2D eigenvalue weighted by molar-refractivity contribution is 7.49. The fourth-order valence-corrected chi connectivity index (χ4v) is 11.7. The smallest absolute Gasteiger partial charge is 0.188 e. The molecule has 0 saturated heterocycles. The Balaban J connectivity index is 2.34. The Kier molecular flexibility index (Phi) is 7.05. The minimum Gasteiger partial charge on any atom is -0.468 e. The molecule has 0 spiro atoms. The zero-order valence-electron chi connectivity index (χ0n) is 16.7. The molecule has 0 radical (unpaired) electrons. The van der Waals surface area contributed by atoms with Gasteiger partial charge in [-0.1, -0.05) is 60.8 Å². The number of rotatable bonds is 9. The molecule has 0 heterocycles. The summed E-state index contributed by atoms with van der Waals surface area (Å²) in [6.45, 7) is 10.4. The van der Waals surface area contributed by atoms with Crippen LogP contribution in [0.3, 0.4) is 0 Å². The molecule has 4 nitrogen and oxygen atoms in total. The summed E-state index contributed by atoms with van der Waals surface area (Å²) < 4.78 is 21.4. The second-order valence-corrected chi connectivity index (χ2v) is 22.6. The lowest BCUT2D eigenvalue weighted by atomic mass is 10.3. The first-order valence-electron chi connectivity index (χ1n) is 8.77. The topological polar surface area (TPSA) is 36.9 Å². The van der Waals surface area contributed by atoms with Crippen LogP contribution in [0.2, 0.25) is 26.2 Å². The molecule has 0 aliphatic carbocycles. The SMILES string of the molecule is COCOc1cccc([Si](C)(C)[Si](C)(C)c2cccc(OCOC)c2)c1. The van der Waals surface area contributed by atoms with Gasteiger partial charge in [0.2, 0.25) is 0 Å². The average molecular weight is 391 g/mol. The molecular formula is C20H30O4Si2. The van der Waals surface area contributed by atoms with Crippen molar-refractivity contribution in [3.8, 4) is 11.5 Å². The van der Waals surface area contributed by atoms with Crippen molar-refractivity contribution >= 4 is 25.6 Å². The largest absolute Gasteiger partial charge is 0.468 e. The molecule has 142 valence electrons. The van der Waals surface area contributed by atoms with E-state index in [1.807, 2.05) is 12.1 Å². The monoisotopic (exact) mass is 390 g/mol. The van der Waals surface area contributed by atoms with Gasteiger partial charge >= 0.3 is 0 Å². The van der Waals surface area contributed by atoms with Crippen LogP contribution in [-0.2, 0) is 9.47 Å². The lowest BCUT2D eigenvalue weighted by Crippen LogP contribution is -2.69. The van der Waals surface area contributed by atoms with Gasteiger partial charge in [0.05, 0.1) is 15.2 Å². The lowest BCUT2D eigenvalue weighted by molar-refractivity contribution is 0.0510. The van der Waals surface area contributed by atoms with Crippen molar-refractivity contribution in [1.82, 2.24) is 0 Å². The van der Waals surface area contributed by atoms with Crippen molar-refractivity contribution in [3.63, 3.8) is 0 Å². The standard InChI is InChI=1S/C20H30O4Si2/c1-21-15-23-17-9-7-11-19(13-17)25(3,4)26(5,6)20-12-8-10-18(14-20)24-16-22-2/h7-14H,15-16H2,1-6H3. The maximum Gasteiger partial charge on any atom is 0.188 e. The Labute approximate surface area is 158 Å². The molecule has 0 amide bonds. The highest BCUT2D eigenvalue weighted by Gasteiger charge is 2.43. The van der Waals surface area contributed by atoms with Crippen LogP contribution in [0.15, 0.2) is 48.5 Å². The fraction of sp³-hybridized carbons (Fsp3) is 0.400. The summed E-state index contributed by atoms with van der Waals surface area (Å²) in [6, 6.07) is 17.0. The first-order valence-corrected chi connectivity index (χ1v) is 15.8. The third-order valence-corrected chi connectivity index (χ3v) is 23.1. The molecule has 2 aromatic rings. The molecule has 2 rings (SSSR count). The van der Waals surface area contributed by atoms with Gasteiger partial charge in [-0.3, -0.25) is 0 Å². The molecule has 26 heavy (non-hydrogen) atoms. The molecule has 0 atom stereocenters. The van der Waals surface area contributed by atoms with Crippen molar-refractivity contribution in [3.05, 3.63) is 48.5 Å². The molecule has 2 aromatic carbocycles. The van der Waals surface area contributed by atoms with E-state index < -0.39 is 15.2 Å². The quantitative estimate of drug-likeness (QED) is 0.486. The summed E-state index contributed by atoms with van der Waals surface area (Å²) in [5.74, 6) is 1.74. The van der Waals surface area contributed by atoms with Crippen LogP contribution < -0.4 is 19.8 Å². The van der Waals surface area contributed by atoms with E-state index in [1.54, 1.807) is 14.2 Å². The van der Waals surface area contributed by atoms with E-state index in [0.29, 0.717) is 0 Å². The van der Waals surface area contributed by atoms with Gasteiger partial charge in [-0.05, 0) is 24.3 Å². The molecule has 0 bridgehead atoms. The van der Waals surface area contributed by atoms with E-state index in [-0.39, 0.29) is 13.6 Å². The second kappa shape index (κ2) is 8.86. The second-order valence-electron chi connectivity index (χ2n) is 7.41. The molecular weight excluding hydrogens is 360 g/mol. The van der Waals surface area contributed by atoms with Crippen molar-refractivity contribution in [2.45, 2.75) is 26.2 Å². The molecule has 0 aliphatic heterocycles. The van der Waals surface area contributed by atoms with Gasteiger partial charge in [0, 0.05) is 14.2 Å². The highest BCUT2D eigenvalue weighted by atomic mass is 29.3. The number of ether oxygens (including phenoxy) is 4. The van der Waals surface area contributed by atoms with Crippen molar-refractivity contribution < 1.29 is 18.9 Å². The van der Waals surface area contributed by atoms with Crippen molar-refractivity contribution in [2.24, 2.45) is 0 Å². The highest BCUT2D eigenvalue weighted by Crippen LogP contribution is 2.23. The Hall–Kier alpha value is -1.61. The number of benzene rings is 2. The minimum absolute atomic E-state index is 0.269. The summed E-state index contributed by atoms with van der Waals surface area (Å²) in [5.41, 5.74) is 0. The third kappa shape index (κ3) is 4.56. The summed E-state index contributed by atoms with van der Waals surface area (Å²) in [6.07, 6.45) is 0. The van der Waals surface area contributed by atoms with E-state index in [1.165, 1.54) is 10.4 Å². The van der Waals surface area contributed by atoms with Gasteiger partial charge in [-0.25, -0.2) is 0 Å². The Bertz CT molecular complexity index is 655. The van der Waals surface area contributed by atoms with Gasteiger partial charge in [0.25, 0.3) is 0 Å².